The van der Waals surface area contributed by atoms with Crippen LogP contribution in [-0.2, 0) is 9.53 Å². The quantitative estimate of drug-likeness (QED) is 0.729. The molecule has 1 heterocycles. The zero-order valence-electron chi connectivity index (χ0n) is 9.79. The van der Waals surface area contributed by atoms with E-state index in [0.717, 1.165) is 11.3 Å². The second kappa shape index (κ2) is 6.25. The van der Waals surface area contributed by atoms with Crippen LogP contribution in [0.25, 0.3) is 0 Å². The SMILES string of the molecule is CCCNC(=O)C1COCCN1C[B-](F)(F)F. The molecule has 0 aliphatic carbocycles. The summed E-state index contributed by atoms with van der Waals surface area (Å²) in [6.07, 6.45) is -0.254. The highest BCUT2D eigenvalue weighted by molar-refractivity contribution is 6.58. The van der Waals surface area contributed by atoms with Crippen LogP contribution in [0.1, 0.15) is 13.3 Å². The number of hydrogen-bond donors (Lipinski definition) is 1. The van der Waals surface area contributed by atoms with Crippen LogP contribution in [0.4, 0.5) is 12.9 Å². The number of amides is 1. The first-order valence-electron chi connectivity index (χ1n) is 5.74. The molecule has 17 heavy (non-hydrogen) atoms. The fraction of sp³-hybridized carbons (Fsp3) is 0.889. The lowest BCUT2D eigenvalue weighted by Gasteiger charge is -2.37. The first-order chi connectivity index (χ1) is 7.94. The van der Waals surface area contributed by atoms with E-state index in [9.17, 15) is 17.7 Å². The van der Waals surface area contributed by atoms with Crippen molar-refractivity contribution in [1.82, 2.24) is 10.2 Å². The molecule has 1 saturated heterocycles. The van der Waals surface area contributed by atoms with Crippen molar-refractivity contribution >= 4 is 12.9 Å². The standard InChI is InChI=1S/C9H17BF3N2O2/c1-2-3-14-9(16)8-6-17-5-4-15(8)7-10(11,12)13/h8H,2-7H2,1H3,(H,14,16)/q-1. The van der Waals surface area contributed by atoms with Crippen LogP contribution >= 0.6 is 0 Å². The Kier molecular flexibility index (Phi) is 5.26. The van der Waals surface area contributed by atoms with Crippen LogP contribution < -0.4 is 5.32 Å². The summed E-state index contributed by atoms with van der Waals surface area (Å²) < 4.78 is 42.2. The Morgan fingerprint density at radius 1 is 1.53 bits per heavy atom. The molecule has 0 aromatic heterocycles. The van der Waals surface area contributed by atoms with Crippen LogP contribution in [0.3, 0.4) is 0 Å². The smallest absolute Gasteiger partial charge is 0.448 e. The van der Waals surface area contributed by atoms with Crippen molar-refractivity contribution in [2.45, 2.75) is 19.4 Å². The second-order valence-electron chi connectivity index (χ2n) is 4.09. The summed E-state index contributed by atoms with van der Waals surface area (Å²) in [4.78, 5) is 12.8. The van der Waals surface area contributed by atoms with E-state index in [1.807, 2.05) is 6.92 Å². The van der Waals surface area contributed by atoms with Gasteiger partial charge in [0.1, 0.15) is 6.04 Å². The van der Waals surface area contributed by atoms with Crippen molar-refractivity contribution in [2.75, 3.05) is 32.7 Å². The highest BCUT2D eigenvalue weighted by Crippen LogP contribution is 2.15. The lowest BCUT2D eigenvalue weighted by atomic mass is 9.90. The van der Waals surface area contributed by atoms with Crippen LogP contribution in [0.15, 0.2) is 0 Å². The number of carbonyl (C=O) groups is 1. The first kappa shape index (κ1) is 14.3. The maximum absolute atomic E-state index is 12.4. The number of carbonyl (C=O) groups excluding carboxylic acids is 1. The van der Waals surface area contributed by atoms with Gasteiger partial charge in [0.15, 0.2) is 0 Å². The Labute approximate surface area is 98.5 Å². The number of morpholine rings is 1. The second-order valence-corrected chi connectivity index (χ2v) is 4.09. The van der Waals surface area contributed by atoms with Gasteiger partial charge in [-0.25, -0.2) is 0 Å². The summed E-state index contributed by atoms with van der Waals surface area (Å²) in [7, 11) is 0. The molecule has 1 N–H and O–H groups in total. The van der Waals surface area contributed by atoms with E-state index >= 15 is 0 Å². The van der Waals surface area contributed by atoms with Gasteiger partial charge in [-0.15, -0.1) is 0 Å². The molecule has 8 heteroatoms. The number of nitrogens with zero attached hydrogens (tertiary/aromatic N) is 1. The van der Waals surface area contributed by atoms with E-state index in [1.165, 1.54) is 0 Å². The molecule has 1 atom stereocenters. The summed E-state index contributed by atoms with van der Waals surface area (Å²) in [6, 6.07) is -0.821. The molecule has 0 radical (unpaired) electrons. The summed E-state index contributed by atoms with van der Waals surface area (Å²) in [5, 5.41) is 2.60. The lowest BCUT2D eigenvalue weighted by Crippen LogP contribution is -2.57. The van der Waals surface area contributed by atoms with Gasteiger partial charge in [-0.1, -0.05) is 6.92 Å². The van der Waals surface area contributed by atoms with E-state index in [2.05, 4.69) is 5.32 Å². The van der Waals surface area contributed by atoms with Crippen molar-refractivity contribution in [1.29, 1.82) is 0 Å². The Balaban J connectivity index is 2.56. The van der Waals surface area contributed by atoms with Gasteiger partial charge in [0, 0.05) is 13.1 Å². The maximum atomic E-state index is 12.4. The molecule has 0 aromatic rings. The van der Waals surface area contributed by atoms with E-state index < -0.39 is 19.5 Å². The van der Waals surface area contributed by atoms with E-state index in [4.69, 9.17) is 4.74 Å². The summed E-state index contributed by atoms with van der Waals surface area (Å²) >= 11 is 0. The van der Waals surface area contributed by atoms with Crippen LogP contribution in [-0.4, -0.2) is 56.6 Å². The summed E-state index contributed by atoms with van der Waals surface area (Å²) in [5.74, 6) is -0.383. The molecule has 1 unspecified atom stereocenters. The molecule has 0 saturated carbocycles. The molecule has 4 nitrogen and oxygen atoms in total. The number of ether oxygens (including phenoxy) is 1. The topological polar surface area (TPSA) is 41.6 Å². The van der Waals surface area contributed by atoms with Crippen molar-refractivity contribution in [3.63, 3.8) is 0 Å². The molecule has 1 aliphatic rings. The fourth-order valence-electron chi connectivity index (χ4n) is 1.73. The molecule has 1 amide bonds. The first-order valence-corrected chi connectivity index (χ1v) is 5.74. The minimum Gasteiger partial charge on any atom is -0.448 e. The largest absolute Gasteiger partial charge is 0.492 e. The van der Waals surface area contributed by atoms with Gasteiger partial charge in [0.25, 0.3) is 0 Å². The zero-order chi connectivity index (χ0) is 12.9. The van der Waals surface area contributed by atoms with Crippen molar-refractivity contribution in [3.8, 4) is 0 Å². The minimum atomic E-state index is -4.91. The Morgan fingerprint density at radius 2 is 2.24 bits per heavy atom. The van der Waals surface area contributed by atoms with Gasteiger partial charge in [-0.2, -0.15) is 0 Å². The molecule has 0 aromatic carbocycles. The van der Waals surface area contributed by atoms with Gasteiger partial charge in [0.2, 0.25) is 5.91 Å². The molecule has 1 aliphatic heterocycles. The van der Waals surface area contributed by atoms with Gasteiger partial charge in [0.05, 0.1) is 13.2 Å². The summed E-state index contributed by atoms with van der Waals surface area (Å²) in [5.41, 5.74) is 0. The zero-order valence-corrected chi connectivity index (χ0v) is 9.79. The van der Waals surface area contributed by atoms with Crippen molar-refractivity contribution in [2.24, 2.45) is 0 Å². The monoisotopic (exact) mass is 253 g/mol. The lowest BCUT2D eigenvalue weighted by molar-refractivity contribution is -0.131. The number of nitrogens with one attached hydrogen (secondary N) is 1. The molecule has 0 spiro atoms. The van der Waals surface area contributed by atoms with Gasteiger partial charge in [-0.3, -0.25) is 4.79 Å². The number of hydrogen-bond acceptors (Lipinski definition) is 3. The average molecular weight is 253 g/mol. The van der Waals surface area contributed by atoms with Gasteiger partial charge < -0.3 is 27.9 Å². The van der Waals surface area contributed by atoms with E-state index in [1.54, 1.807) is 0 Å². The number of halogens is 3. The minimum absolute atomic E-state index is 0.0295. The Morgan fingerprint density at radius 3 is 2.82 bits per heavy atom. The normalized spacial score (nSPS) is 22.5. The number of rotatable bonds is 5. The molecular weight excluding hydrogens is 236 g/mol. The average Bonchev–Trinajstić information content (AvgIpc) is 2.24. The summed E-state index contributed by atoms with van der Waals surface area (Å²) in [6.45, 7) is -2.14. The highest BCUT2D eigenvalue weighted by Gasteiger charge is 2.35. The van der Waals surface area contributed by atoms with Crippen molar-refractivity contribution < 1.29 is 22.5 Å². The molecule has 100 valence electrons. The van der Waals surface area contributed by atoms with E-state index in [0.29, 0.717) is 6.54 Å². The molecule has 0 bridgehead atoms. The third-order valence-electron chi connectivity index (χ3n) is 2.53. The highest BCUT2D eigenvalue weighted by atomic mass is 19.4. The maximum Gasteiger partial charge on any atom is 0.492 e. The molecular formula is C9H17BF3N2O2-. The third-order valence-corrected chi connectivity index (χ3v) is 2.53. The Hall–Kier alpha value is -0.755. The molecule has 1 rings (SSSR count). The van der Waals surface area contributed by atoms with Crippen LogP contribution in [0.5, 0.6) is 0 Å². The van der Waals surface area contributed by atoms with Crippen LogP contribution in [0.2, 0.25) is 0 Å². The third kappa shape index (κ3) is 4.95. The Bertz CT molecular complexity index is 263. The predicted molar refractivity (Wildman–Crippen MR) is 58.6 cm³/mol. The predicted octanol–water partition coefficient (Wildman–Crippen LogP) is 0.600. The van der Waals surface area contributed by atoms with E-state index in [-0.39, 0.29) is 25.7 Å². The van der Waals surface area contributed by atoms with Crippen molar-refractivity contribution in [3.05, 3.63) is 0 Å². The molecule has 1 fully saturated rings. The fourth-order valence-corrected chi connectivity index (χ4v) is 1.73. The van der Waals surface area contributed by atoms with Gasteiger partial charge in [-0.05, 0) is 12.9 Å². The van der Waals surface area contributed by atoms with Gasteiger partial charge >= 0.3 is 6.98 Å². The van der Waals surface area contributed by atoms with Crippen LogP contribution in [0, 0.1) is 0 Å².